The Morgan fingerprint density at radius 3 is 2.60 bits per heavy atom. The SMILES string of the molecule is O=C(O)c1cc2nc(-c3ccc(F)cc3)c(N3CCOCC3)nc2[nH]1. The molecule has 25 heavy (non-hydrogen) atoms. The van der Waals surface area contributed by atoms with Crippen molar-refractivity contribution in [3.05, 3.63) is 41.8 Å². The van der Waals surface area contributed by atoms with Gasteiger partial charge in [-0.05, 0) is 30.3 Å². The van der Waals surface area contributed by atoms with Gasteiger partial charge in [0.15, 0.2) is 11.5 Å². The maximum absolute atomic E-state index is 13.3. The maximum Gasteiger partial charge on any atom is 0.352 e. The van der Waals surface area contributed by atoms with Crippen LogP contribution < -0.4 is 4.90 Å². The molecule has 4 rings (SSSR count). The number of carboxylic acid groups (broad SMARTS) is 1. The molecule has 0 spiro atoms. The minimum Gasteiger partial charge on any atom is -0.477 e. The van der Waals surface area contributed by atoms with Crippen molar-refractivity contribution in [2.45, 2.75) is 0 Å². The zero-order valence-electron chi connectivity index (χ0n) is 13.2. The van der Waals surface area contributed by atoms with Crippen molar-refractivity contribution < 1.29 is 19.0 Å². The van der Waals surface area contributed by atoms with Crippen LogP contribution in [0.5, 0.6) is 0 Å². The van der Waals surface area contributed by atoms with Gasteiger partial charge in [0.05, 0.1) is 13.2 Å². The molecule has 0 amide bonds. The summed E-state index contributed by atoms with van der Waals surface area (Å²) in [5.41, 5.74) is 2.19. The van der Waals surface area contributed by atoms with Crippen LogP contribution in [-0.4, -0.2) is 52.3 Å². The van der Waals surface area contributed by atoms with Gasteiger partial charge >= 0.3 is 5.97 Å². The first-order valence-electron chi connectivity index (χ1n) is 7.84. The first-order valence-corrected chi connectivity index (χ1v) is 7.84. The van der Waals surface area contributed by atoms with E-state index in [2.05, 4.69) is 15.0 Å². The molecule has 7 nitrogen and oxygen atoms in total. The topological polar surface area (TPSA) is 91.3 Å². The number of hydrogen-bond donors (Lipinski definition) is 2. The molecule has 0 bridgehead atoms. The van der Waals surface area contributed by atoms with Crippen LogP contribution in [0.4, 0.5) is 10.2 Å². The Hall–Kier alpha value is -3.00. The molecule has 1 aliphatic heterocycles. The predicted molar refractivity (Wildman–Crippen MR) is 89.3 cm³/mol. The molecule has 128 valence electrons. The number of fused-ring (bicyclic) bond motifs is 1. The van der Waals surface area contributed by atoms with Gasteiger partial charge in [0.1, 0.15) is 22.7 Å². The van der Waals surface area contributed by atoms with Crippen LogP contribution in [0.15, 0.2) is 30.3 Å². The van der Waals surface area contributed by atoms with E-state index in [1.807, 2.05) is 4.90 Å². The average Bonchev–Trinajstić information content (AvgIpc) is 3.05. The van der Waals surface area contributed by atoms with Crippen LogP contribution in [0.3, 0.4) is 0 Å². The number of benzene rings is 1. The molecule has 0 unspecified atom stereocenters. The highest BCUT2D eigenvalue weighted by Crippen LogP contribution is 2.30. The lowest BCUT2D eigenvalue weighted by Crippen LogP contribution is -2.37. The van der Waals surface area contributed by atoms with E-state index in [1.54, 1.807) is 12.1 Å². The number of anilines is 1. The third-order valence-electron chi connectivity index (χ3n) is 4.10. The van der Waals surface area contributed by atoms with Crippen LogP contribution >= 0.6 is 0 Å². The summed E-state index contributed by atoms with van der Waals surface area (Å²) in [7, 11) is 0. The smallest absolute Gasteiger partial charge is 0.352 e. The van der Waals surface area contributed by atoms with Crippen molar-refractivity contribution in [3.63, 3.8) is 0 Å². The molecule has 8 heteroatoms. The number of ether oxygens (including phenoxy) is 1. The minimum absolute atomic E-state index is 0.0270. The molecule has 3 heterocycles. The first kappa shape index (κ1) is 15.5. The second kappa shape index (κ2) is 6.14. The number of halogens is 1. The number of carboxylic acids is 1. The lowest BCUT2D eigenvalue weighted by atomic mass is 10.1. The number of rotatable bonds is 3. The van der Waals surface area contributed by atoms with E-state index in [1.165, 1.54) is 18.2 Å². The number of hydrogen-bond acceptors (Lipinski definition) is 5. The Bertz CT molecular complexity index is 933. The number of morpholine rings is 1. The summed E-state index contributed by atoms with van der Waals surface area (Å²) >= 11 is 0. The van der Waals surface area contributed by atoms with E-state index in [-0.39, 0.29) is 11.5 Å². The highest BCUT2D eigenvalue weighted by molar-refractivity contribution is 5.92. The number of aromatic nitrogens is 3. The quantitative estimate of drug-likeness (QED) is 0.759. The van der Waals surface area contributed by atoms with Crippen molar-refractivity contribution in [2.24, 2.45) is 0 Å². The molecule has 0 atom stereocenters. The van der Waals surface area contributed by atoms with Crippen molar-refractivity contribution in [2.75, 3.05) is 31.2 Å². The van der Waals surface area contributed by atoms with Crippen LogP contribution in [0, 0.1) is 5.82 Å². The Morgan fingerprint density at radius 1 is 1.20 bits per heavy atom. The minimum atomic E-state index is -1.07. The summed E-state index contributed by atoms with van der Waals surface area (Å²) in [5.74, 6) is -0.780. The molecule has 1 aromatic carbocycles. The van der Waals surface area contributed by atoms with Gasteiger partial charge in [-0.1, -0.05) is 0 Å². The van der Waals surface area contributed by atoms with Gasteiger partial charge in [0, 0.05) is 18.7 Å². The van der Waals surface area contributed by atoms with Gasteiger partial charge in [0.2, 0.25) is 0 Å². The van der Waals surface area contributed by atoms with Gasteiger partial charge in [-0.25, -0.2) is 19.2 Å². The highest BCUT2D eigenvalue weighted by Gasteiger charge is 2.21. The third kappa shape index (κ3) is 2.91. The van der Waals surface area contributed by atoms with Crippen LogP contribution in [0.25, 0.3) is 22.4 Å². The van der Waals surface area contributed by atoms with Crippen LogP contribution in [-0.2, 0) is 4.74 Å². The molecule has 0 aliphatic carbocycles. The Kier molecular flexibility index (Phi) is 3.81. The summed E-state index contributed by atoms with van der Waals surface area (Å²) < 4.78 is 18.7. The summed E-state index contributed by atoms with van der Waals surface area (Å²) in [6.07, 6.45) is 0. The summed E-state index contributed by atoms with van der Waals surface area (Å²) in [6, 6.07) is 7.45. The molecule has 0 saturated carbocycles. The van der Waals surface area contributed by atoms with E-state index in [0.29, 0.717) is 49.0 Å². The van der Waals surface area contributed by atoms with Crippen LogP contribution in [0.1, 0.15) is 10.5 Å². The van der Waals surface area contributed by atoms with Gasteiger partial charge in [-0.15, -0.1) is 0 Å². The number of nitrogens with one attached hydrogen (secondary N) is 1. The summed E-state index contributed by atoms with van der Waals surface area (Å²) in [5, 5.41) is 9.17. The summed E-state index contributed by atoms with van der Waals surface area (Å²) in [6.45, 7) is 2.46. The fourth-order valence-electron chi connectivity index (χ4n) is 2.84. The molecule has 1 saturated heterocycles. The van der Waals surface area contributed by atoms with Crippen molar-refractivity contribution in [3.8, 4) is 11.3 Å². The van der Waals surface area contributed by atoms with E-state index >= 15 is 0 Å². The molecule has 2 aromatic heterocycles. The monoisotopic (exact) mass is 342 g/mol. The number of carbonyl (C=O) groups is 1. The van der Waals surface area contributed by atoms with Crippen molar-refractivity contribution >= 4 is 23.0 Å². The largest absolute Gasteiger partial charge is 0.477 e. The standard InChI is InChI=1S/C17H15FN4O3/c18-11-3-1-10(2-4-11)14-16(22-5-7-25-8-6-22)21-15-12(19-14)9-13(20-15)17(23)24/h1-4,9H,5-8H2,(H,20,21)(H,23,24). The predicted octanol–water partition coefficient (Wildman–Crippen LogP) is 2.30. The lowest BCUT2D eigenvalue weighted by molar-refractivity contribution is 0.0691. The number of aromatic carboxylic acids is 1. The first-order chi connectivity index (χ1) is 12.1. The van der Waals surface area contributed by atoms with Gasteiger partial charge < -0.3 is 19.7 Å². The Labute approximate surface area is 142 Å². The van der Waals surface area contributed by atoms with Crippen molar-refractivity contribution in [1.82, 2.24) is 15.0 Å². The molecule has 2 N–H and O–H groups in total. The normalized spacial score (nSPS) is 14.8. The van der Waals surface area contributed by atoms with E-state index in [0.717, 1.165) is 5.56 Å². The summed E-state index contributed by atoms with van der Waals surface area (Å²) in [4.78, 5) is 25.2. The molecule has 3 aromatic rings. The van der Waals surface area contributed by atoms with Crippen molar-refractivity contribution in [1.29, 1.82) is 0 Å². The number of H-pyrrole nitrogens is 1. The van der Waals surface area contributed by atoms with Gasteiger partial charge in [-0.3, -0.25) is 0 Å². The number of aromatic amines is 1. The van der Waals surface area contributed by atoms with Gasteiger partial charge in [0.25, 0.3) is 0 Å². The molecular weight excluding hydrogens is 327 g/mol. The van der Waals surface area contributed by atoms with Crippen LogP contribution in [0.2, 0.25) is 0 Å². The third-order valence-corrected chi connectivity index (χ3v) is 4.10. The molecule has 1 aliphatic rings. The lowest BCUT2D eigenvalue weighted by Gasteiger charge is -2.29. The molecule has 0 radical (unpaired) electrons. The van der Waals surface area contributed by atoms with E-state index in [9.17, 15) is 9.18 Å². The second-order valence-electron chi connectivity index (χ2n) is 5.72. The zero-order chi connectivity index (χ0) is 17.4. The Morgan fingerprint density at radius 2 is 1.92 bits per heavy atom. The van der Waals surface area contributed by atoms with E-state index < -0.39 is 5.97 Å². The fourth-order valence-corrected chi connectivity index (χ4v) is 2.84. The van der Waals surface area contributed by atoms with Gasteiger partial charge in [-0.2, -0.15) is 0 Å². The molecular formula is C17H15FN4O3. The number of nitrogens with zero attached hydrogens (tertiary/aromatic N) is 3. The highest BCUT2D eigenvalue weighted by atomic mass is 19.1. The maximum atomic E-state index is 13.3. The van der Waals surface area contributed by atoms with E-state index in [4.69, 9.17) is 9.84 Å². The fraction of sp³-hybridized carbons (Fsp3) is 0.235. The average molecular weight is 342 g/mol. The zero-order valence-corrected chi connectivity index (χ0v) is 13.2. The second-order valence-corrected chi connectivity index (χ2v) is 5.72. The molecule has 1 fully saturated rings. The Balaban J connectivity index is 1.89.